The fraction of sp³-hybridized carbons (Fsp3) is 0.350. The first-order valence-corrected chi connectivity index (χ1v) is 8.39. The Labute approximate surface area is 153 Å². The summed E-state index contributed by atoms with van der Waals surface area (Å²) in [5.74, 6) is 1.13. The summed E-state index contributed by atoms with van der Waals surface area (Å²) < 4.78 is 26.6. The molecule has 26 heavy (non-hydrogen) atoms. The summed E-state index contributed by atoms with van der Waals surface area (Å²) in [6, 6.07) is 11.7. The molecule has 6 nitrogen and oxygen atoms in total. The molecule has 0 saturated carbocycles. The SMILES string of the molecule is C=CC(=O)OCCOCCOc1ccc2c(OCCOC)cccc2c1. The van der Waals surface area contributed by atoms with Crippen LogP contribution in [0, 0.1) is 0 Å². The maximum Gasteiger partial charge on any atom is 0.330 e. The number of rotatable bonds is 12. The molecule has 6 heteroatoms. The summed E-state index contributed by atoms with van der Waals surface area (Å²) >= 11 is 0. The van der Waals surface area contributed by atoms with Crippen molar-refractivity contribution in [2.45, 2.75) is 0 Å². The standard InChI is InChI=1S/C20H24O6/c1-3-20(21)26-14-11-23-10-13-24-17-7-8-18-16(15-17)5-4-6-19(18)25-12-9-22-2/h3-8,15H,1,9-14H2,2H3. The van der Waals surface area contributed by atoms with E-state index in [0.29, 0.717) is 33.0 Å². The van der Waals surface area contributed by atoms with Gasteiger partial charge in [0.25, 0.3) is 0 Å². The highest BCUT2D eigenvalue weighted by atomic mass is 16.6. The normalized spacial score (nSPS) is 10.5. The Morgan fingerprint density at radius 1 is 1.00 bits per heavy atom. The Hall–Kier alpha value is -2.57. The van der Waals surface area contributed by atoms with Crippen LogP contribution in [0.15, 0.2) is 49.1 Å². The van der Waals surface area contributed by atoms with Gasteiger partial charge in [-0.15, -0.1) is 0 Å². The molecule has 0 radical (unpaired) electrons. The van der Waals surface area contributed by atoms with Gasteiger partial charge >= 0.3 is 5.97 Å². The van der Waals surface area contributed by atoms with Crippen LogP contribution >= 0.6 is 0 Å². The van der Waals surface area contributed by atoms with Gasteiger partial charge in [-0.1, -0.05) is 18.7 Å². The van der Waals surface area contributed by atoms with Crippen LogP contribution in [0.4, 0.5) is 0 Å². The number of hydrogen-bond acceptors (Lipinski definition) is 6. The van der Waals surface area contributed by atoms with Gasteiger partial charge in [-0.25, -0.2) is 4.79 Å². The molecule has 2 aromatic carbocycles. The van der Waals surface area contributed by atoms with E-state index in [9.17, 15) is 4.79 Å². The topological polar surface area (TPSA) is 63.2 Å². The minimum atomic E-state index is -0.452. The Balaban J connectivity index is 1.78. The summed E-state index contributed by atoms with van der Waals surface area (Å²) in [5.41, 5.74) is 0. The van der Waals surface area contributed by atoms with E-state index in [1.54, 1.807) is 7.11 Å². The molecule has 0 unspecified atom stereocenters. The lowest BCUT2D eigenvalue weighted by Gasteiger charge is -2.11. The van der Waals surface area contributed by atoms with E-state index in [2.05, 4.69) is 6.58 Å². The van der Waals surface area contributed by atoms with Gasteiger partial charge in [-0.05, 0) is 29.7 Å². The molecule has 0 aliphatic carbocycles. The fourth-order valence-corrected chi connectivity index (χ4v) is 2.26. The van der Waals surface area contributed by atoms with Crippen molar-refractivity contribution < 1.29 is 28.5 Å². The van der Waals surface area contributed by atoms with Crippen LogP contribution in [0.3, 0.4) is 0 Å². The number of benzene rings is 2. The quantitative estimate of drug-likeness (QED) is 0.329. The van der Waals surface area contributed by atoms with E-state index >= 15 is 0 Å². The van der Waals surface area contributed by atoms with Crippen molar-refractivity contribution in [3.8, 4) is 11.5 Å². The fourth-order valence-electron chi connectivity index (χ4n) is 2.26. The molecule has 0 amide bonds. The molecule has 2 rings (SSSR count). The van der Waals surface area contributed by atoms with Gasteiger partial charge in [0, 0.05) is 18.6 Å². The van der Waals surface area contributed by atoms with Crippen LogP contribution in [0.25, 0.3) is 10.8 Å². The molecule has 0 spiro atoms. The second-order valence-electron chi connectivity index (χ2n) is 5.31. The van der Waals surface area contributed by atoms with Gasteiger partial charge in [0.2, 0.25) is 0 Å². The van der Waals surface area contributed by atoms with E-state index in [-0.39, 0.29) is 6.61 Å². The summed E-state index contributed by atoms with van der Waals surface area (Å²) in [7, 11) is 1.65. The molecule has 140 valence electrons. The molecule has 0 heterocycles. The molecule has 0 atom stereocenters. The zero-order valence-corrected chi connectivity index (χ0v) is 14.9. The average molecular weight is 360 g/mol. The molecule has 0 aliphatic heterocycles. The molecule has 0 bridgehead atoms. The monoisotopic (exact) mass is 360 g/mol. The molecule has 0 aromatic heterocycles. The smallest absolute Gasteiger partial charge is 0.330 e. The predicted molar refractivity (Wildman–Crippen MR) is 98.8 cm³/mol. The summed E-state index contributed by atoms with van der Waals surface area (Å²) in [6.45, 7) is 5.71. The van der Waals surface area contributed by atoms with Crippen LogP contribution in [0.2, 0.25) is 0 Å². The molecule has 2 aromatic rings. The third kappa shape index (κ3) is 6.38. The first-order valence-electron chi connectivity index (χ1n) is 8.39. The van der Waals surface area contributed by atoms with Crippen LogP contribution in [-0.2, 0) is 19.0 Å². The zero-order chi connectivity index (χ0) is 18.6. The molecule has 0 saturated heterocycles. The van der Waals surface area contributed by atoms with Crippen molar-refractivity contribution in [2.75, 3.05) is 46.8 Å². The molecular formula is C20H24O6. The van der Waals surface area contributed by atoms with Gasteiger partial charge in [-0.2, -0.15) is 0 Å². The Bertz CT molecular complexity index is 713. The second-order valence-corrected chi connectivity index (χ2v) is 5.31. The highest BCUT2D eigenvalue weighted by Crippen LogP contribution is 2.28. The Kier molecular flexibility index (Phi) is 8.45. The van der Waals surface area contributed by atoms with Crippen molar-refractivity contribution in [3.05, 3.63) is 49.1 Å². The lowest BCUT2D eigenvalue weighted by Crippen LogP contribution is -2.12. The van der Waals surface area contributed by atoms with Crippen LogP contribution in [0.1, 0.15) is 0 Å². The number of hydrogen-bond donors (Lipinski definition) is 0. The van der Waals surface area contributed by atoms with Crippen LogP contribution in [-0.4, -0.2) is 52.7 Å². The third-order valence-electron chi connectivity index (χ3n) is 3.49. The maximum absolute atomic E-state index is 10.9. The third-order valence-corrected chi connectivity index (χ3v) is 3.49. The van der Waals surface area contributed by atoms with Crippen molar-refractivity contribution in [3.63, 3.8) is 0 Å². The minimum Gasteiger partial charge on any atom is -0.491 e. The van der Waals surface area contributed by atoms with Gasteiger partial charge in [0.1, 0.15) is 31.3 Å². The maximum atomic E-state index is 10.9. The number of carbonyl (C=O) groups is 1. The van der Waals surface area contributed by atoms with Crippen molar-refractivity contribution in [1.29, 1.82) is 0 Å². The number of carbonyl (C=O) groups excluding carboxylic acids is 1. The highest BCUT2D eigenvalue weighted by molar-refractivity contribution is 5.89. The number of esters is 1. The van der Waals surface area contributed by atoms with Gasteiger partial charge < -0.3 is 23.7 Å². The van der Waals surface area contributed by atoms with Gasteiger partial charge in [-0.3, -0.25) is 0 Å². The van der Waals surface area contributed by atoms with Crippen molar-refractivity contribution in [1.82, 2.24) is 0 Å². The Morgan fingerprint density at radius 3 is 2.62 bits per heavy atom. The highest BCUT2D eigenvalue weighted by Gasteiger charge is 2.04. The first-order chi connectivity index (χ1) is 12.7. The number of fused-ring (bicyclic) bond motifs is 1. The summed E-state index contributed by atoms with van der Waals surface area (Å²) in [6.07, 6.45) is 1.12. The predicted octanol–water partition coefficient (Wildman–Crippen LogP) is 2.99. The molecule has 0 fully saturated rings. The van der Waals surface area contributed by atoms with Gasteiger partial charge in [0.05, 0.1) is 19.8 Å². The number of methoxy groups -OCH3 is 1. The van der Waals surface area contributed by atoms with Crippen LogP contribution in [0.5, 0.6) is 11.5 Å². The summed E-state index contributed by atoms with van der Waals surface area (Å²) in [4.78, 5) is 10.9. The number of ether oxygens (including phenoxy) is 5. The van der Waals surface area contributed by atoms with E-state index in [4.69, 9.17) is 23.7 Å². The first kappa shape index (κ1) is 19.8. The zero-order valence-electron chi connectivity index (χ0n) is 14.9. The largest absolute Gasteiger partial charge is 0.491 e. The van der Waals surface area contributed by atoms with Crippen molar-refractivity contribution >= 4 is 16.7 Å². The molecular weight excluding hydrogens is 336 g/mol. The second kappa shape index (κ2) is 11.1. The molecule has 0 N–H and O–H groups in total. The summed E-state index contributed by atoms with van der Waals surface area (Å²) in [5, 5.41) is 2.06. The lowest BCUT2D eigenvalue weighted by molar-refractivity contribution is -0.139. The van der Waals surface area contributed by atoms with Crippen molar-refractivity contribution in [2.24, 2.45) is 0 Å². The lowest BCUT2D eigenvalue weighted by atomic mass is 10.1. The van der Waals surface area contributed by atoms with Crippen LogP contribution < -0.4 is 9.47 Å². The average Bonchev–Trinajstić information content (AvgIpc) is 2.67. The minimum absolute atomic E-state index is 0.201. The molecule has 0 aliphatic rings. The van der Waals surface area contributed by atoms with E-state index in [1.165, 1.54) is 0 Å². The van der Waals surface area contributed by atoms with E-state index in [1.807, 2.05) is 36.4 Å². The van der Waals surface area contributed by atoms with E-state index < -0.39 is 5.97 Å². The van der Waals surface area contributed by atoms with Gasteiger partial charge in [0.15, 0.2) is 0 Å². The van der Waals surface area contributed by atoms with E-state index in [0.717, 1.165) is 28.3 Å². The Morgan fingerprint density at radius 2 is 1.81 bits per heavy atom.